The van der Waals surface area contributed by atoms with Crippen LogP contribution in [0.4, 0.5) is 11.4 Å². The lowest BCUT2D eigenvalue weighted by molar-refractivity contribution is 0.0996. The van der Waals surface area contributed by atoms with Gasteiger partial charge in [-0.3, -0.25) is 9.59 Å². The van der Waals surface area contributed by atoms with Crippen molar-refractivity contribution in [1.29, 1.82) is 0 Å². The highest BCUT2D eigenvalue weighted by molar-refractivity contribution is 6.07. The van der Waals surface area contributed by atoms with Crippen LogP contribution in [-0.4, -0.2) is 30.1 Å². The summed E-state index contributed by atoms with van der Waals surface area (Å²) in [5, 5.41) is 6.75. The van der Waals surface area contributed by atoms with Gasteiger partial charge in [0.2, 0.25) is 5.91 Å². The fourth-order valence-corrected chi connectivity index (χ4v) is 3.72. The van der Waals surface area contributed by atoms with E-state index < -0.39 is 5.91 Å². The van der Waals surface area contributed by atoms with Gasteiger partial charge in [0.15, 0.2) is 5.76 Å². The van der Waals surface area contributed by atoms with Gasteiger partial charge in [-0.2, -0.15) is 0 Å². The van der Waals surface area contributed by atoms with E-state index in [0.717, 1.165) is 38.0 Å². The van der Waals surface area contributed by atoms with Gasteiger partial charge in [0.1, 0.15) is 5.56 Å². The Bertz CT molecular complexity index is 872. The number of rotatable bonds is 5. The summed E-state index contributed by atoms with van der Waals surface area (Å²) in [5.41, 5.74) is 7.76. The Morgan fingerprint density at radius 2 is 2.11 bits per heavy atom. The zero-order valence-electron chi connectivity index (χ0n) is 15.4. The highest BCUT2D eigenvalue weighted by Crippen LogP contribution is 2.42. The number of carbonyl (C=O) groups excluding carboxylic acids is 2. The number of hydrogen-bond donors (Lipinski definition) is 2. The van der Waals surface area contributed by atoms with Gasteiger partial charge in [-0.25, -0.2) is 0 Å². The molecule has 3 N–H and O–H groups in total. The molecule has 1 aliphatic heterocycles. The Morgan fingerprint density at radius 1 is 1.30 bits per heavy atom. The number of aromatic nitrogens is 1. The number of nitrogens with one attached hydrogen (secondary N) is 1. The SMILES string of the molecule is CC1CCCN(c2ccc(C(N)=O)cc2NC(=O)c2cnoc2C2CC2)C1. The molecule has 1 aliphatic carbocycles. The topological polar surface area (TPSA) is 101 Å². The molecule has 2 aromatic rings. The summed E-state index contributed by atoms with van der Waals surface area (Å²) < 4.78 is 5.27. The fraction of sp³-hybridized carbons (Fsp3) is 0.450. The van der Waals surface area contributed by atoms with Crippen molar-refractivity contribution < 1.29 is 14.1 Å². The molecule has 1 atom stereocenters. The number of benzene rings is 1. The van der Waals surface area contributed by atoms with Crippen LogP contribution in [0.3, 0.4) is 0 Å². The molecule has 7 heteroatoms. The van der Waals surface area contributed by atoms with Gasteiger partial charge in [-0.15, -0.1) is 0 Å². The van der Waals surface area contributed by atoms with E-state index in [0.29, 0.717) is 28.5 Å². The Balaban J connectivity index is 1.64. The van der Waals surface area contributed by atoms with E-state index in [1.165, 1.54) is 12.6 Å². The highest BCUT2D eigenvalue weighted by atomic mass is 16.5. The molecular weight excluding hydrogens is 344 g/mol. The first kappa shape index (κ1) is 17.6. The molecule has 2 amide bonds. The molecule has 2 aliphatic rings. The Kier molecular flexibility index (Phi) is 4.59. The molecule has 0 bridgehead atoms. The molecular formula is C20H24N4O3. The van der Waals surface area contributed by atoms with E-state index in [2.05, 4.69) is 22.3 Å². The quantitative estimate of drug-likeness (QED) is 0.844. The predicted molar refractivity (Wildman–Crippen MR) is 102 cm³/mol. The second kappa shape index (κ2) is 7.06. The number of piperidine rings is 1. The third-order valence-electron chi connectivity index (χ3n) is 5.32. The summed E-state index contributed by atoms with van der Waals surface area (Å²) >= 11 is 0. The summed E-state index contributed by atoms with van der Waals surface area (Å²) in [5.74, 6) is 0.718. The number of carbonyl (C=O) groups is 2. The number of amides is 2. The van der Waals surface area contributed by atoms with E-state index in [1.54, 1.807) is 12.1 Å². The average Bonchev–Trinajstić information content (AvgIpc) is 3.37. The van der Waals surface area contributed by atoms with Crippen LogP contribution in [0.1, 0.15) is 65.0 Å². The van der Waals surface area contributed by atoms with Crippen molar-refractivity contribution in [2.75, 3.05) is 23.3 Å². The summed E-state index contributed by atoms with van der Waals surface area (Å²) in [6.45, 7) is 4.06. The Hall–Kier alpha value is -2.83. The van der Waals surface area contributed by atoms with Crippen LogP contribution in [0.2, 0.25) is 0 Å². The monoisotopic (exact) mass is 368 g/mol. The summed E-state index contributed by atoms with van der Waals surface area (Å²) in [4.78, 5) is 26.7. The van der Waals surface area contributed by atoms with Crippen molar-refractivity contribution in [3.63, 3.8) is 0 Å². The zero-order valence-corrected chi connectivity index (χ0v) is 15.4. The van der Waals surface area contributed by atoms with Crippen molar-refractivity contribution in [3.8, 4) is 0 Å². The second-order valence-electron chi connectivity index (χ2n) is 7.62. The molecule has 2 heterocycles. The van der Waals surface area contributed by atoms with Crippen molar-refractivity contribution in [1.82, 2.24) is 5.16 Å². The van der Waals surface area contributed by atoms with Crippen LogP contribution in [0.5, 0.6) is 0 Å². The largest absolute Gasteiger partial charge is 0.370 e. The highest BCUT2D eigenvalue weighted by Gasteiger charge is 2.32. The van der Waals surface area contributed by atoms with Crippen molar-refractivity contribution in [2.24, 2.45) is 11.7 Å². The first-order valence-corrected chi connectivity index (χ1v) is 9.47. The lowest BCUT2D eigenvalue weighted by atomic mass is 9.99. The Morgan fingerprint density at radius 3 is 2.81 bits per heavy atom. The number of hydrogen-bond acceptors (Lipinski definition) is 5. The third-order valence-corrected chi connectivity index (χ3v) is 5.32. The molecule has 1 aromatic heterocycles. The second-order valence-corrected chi connectivity index (χ2v) is 7.62. The maximum Gasteiger partial charge on any atom is 0.260 e. The van der Waals surface area contributed by atoms with Crippen LogP contribution in [0, 0.1) is 5.92 Å². The van der Waals surface area contributed by atoms with Gasteiger partial charge >= 0.3 is 0 Å². The van der Waals surface area contributed by atoms with Gasteiger partial charge in [-0.05, 0) is 49.8 Å². The number of anilines is 2. The molecule has 1 unspecified atom stereocenters. The first-order chi connectivity index (χ1) is 13.0. The summed E-state index contributed by atoms with van der Waals surface area (Å²) in [7, 11) is 0. The van der Waals surface area contributed by atoms with Gasteiger partial charge in [0.05, 0.1) is 17.6 Å². The number of nitrogens with two attached hydrogens (primary N) is 1. The van der Waals surface area contributed by atoms with Crippen LogP contribution in [0.15, 0.2) is 28.9 Å². The van der Waals surface area contributed by atoms with E-state index in [9.17, 15) is 9.59 Å². The fourth-order valence-electron chi connectivity index (χ4n) is 3.72. The van der Waals surface area contributed by atoms with E-state index in [-0.39, 0.29) is 11.8 Å². The number of nitrogens with zero attached hydrogens (tertiary/aromatic N) is 2. The molecule has 142 valence electrons. The third kappa shape index (κ3) is 3.67. The van der Waals surface area contributed by atoms with Crippen molar-refractivity contribution in [2.45, 2.75) is 38.5 Å². The van der Waals surface area contributed by atoms with E-state index in [1.807, 2.05) is 6.07 Å². The van der Waals surface area contributed by atoms with Gasteiger partial charge < -0.3 is 20.5 Å². The maximum atomic E-state index is 12.9. The first-order valence-electron chi connectivity index (χ1n) is 9.47. The Labute approximate surface area is 157 Å². The molecule has 2 fully saturated rings. The van der Waals surface area contributed by atoms with Crippen molar-refractivity contribution in [3.05, 3.63) is 41.3 Å². The number of primary amides is 1. The summed E-state index contributed by atoms with van der Waals surface area (Å²) in [6, 6.07) is 5.23. The molecule has 4 rings (SSSR count). The maximum absolute atomic E-state index is 12.9. The van der Waals surface area contributed by atoms with Crippen LogP contribution < -0.4 is 16.0 Å². The molecule has 27 heavy (non-hydrogen) atoms. The lowest BCUT2D eigenvalue weighted by Gasteiger charge is -2.34. The molecule has 0 spiro atoms. The average molecular weight is 368 g/mol. The standard InChI is InChI=1S/C20H24N4O3/c1-12-3-2-8-24(11-12)17-7-6-14(19(21)25)9-16(17)23-20(26)15-10-22-27-18(15)13-4-5-13/h6-7,9-10,12-13H,2-5,8,11H2,1H3,(H2,21,25)(H,23,26). The molecule has 0 radical (unpaired) electrons. The minimum atomic E-state index is -0.521. The van der Waals surface area contributed by atoms with Gasteiger partial charge in [0.25, 0.3) is 5.91 Å². The van der Waals surface area contributed by atoms with Crippen LogP contribution >= 0.6 is 0 Å². The molecule has 1 aromatic carbocycles. The minimum absolute atomic E-state index is 0.272. The zero-order chi connectivity index (χ0) is 19.0. The molecule has 1 saturated heterocycles. The smallest absolute Gasteiger partial charge is 0.260 e. The van der Waals surface area contributed by atoms with Gasteiger partial charge in [0, 0.05) is 24.6 Å². The van der Waals surface area contributed by atoms with Crippen molar-refractivity contribution >= 4 is 23.2 Å². The van der Waals surface area contributed by atoms with E-state index in [4.69, 9.17) is 10.3 Å². The van der Waals surface area contributed by atoms with E-state index >= 15 is 0 Å². The lowest BCUT2D eigenvalue weighted by Crippen LogP contribution is -2.35. The van der Waals surface area contributed by atoms with Crippen LogP contribution in [0.25, 0.3) is 0 Å². The minimum Gasteiger partial charge on any atom is -0.370 e. The summed E-state index contributed by atoms with van der Waals surface area (Å²) in [6.07, 6.45) is 5.79. The van der Waals surface area contributed by atoms with Gasteiger partial charge in [-0.1, -0.05) is 12.1 Å². The molecule has 1 saturated carbocycles. The molecule has 7 nitrogen and oxygen atoms in total. The normalized spacial score (nSPS) is 19.7. The van der Waals surface area contributed by atoms with Crippen LogP contribution in [-0.2, 0) is 0 Å². The predicted octanol–water partition coefficient (Wildman–Crippen LogP) is 3.14.